The summed E-state index contributed by atoms with van der Waals surface area (Å²) in [5, 5.41) is 2.46. The molecule has 1 amide bonds. The zero-order chi connectivity index (χ0) is 29.7. The molecule has 2 saturated heterocycles. The van der Waals surface area contributed by atoms with Crippen LogP contribution in [0, 0.1) is 0 Å². The first-order valence-electron chi connectivity index (χ1n) is 13.6. The van der Waals surface area contributed by atoms with Crippen LogP contribution in [0.2, 0.25) is 0 Å². The molecule has 0 spiro atoms. The largest absolute Gasteiger partial charge is 0.467 e. The summed E-state index contributed by atoms with van der Waals surface area (Å²) in [6.07, 6.45) is -0.719. The number of thioether (sulfide) groups is 1. The van der Waals surface area contributed by atoms with Gasteiger partial charge in [0.2, 0.25) is 5.91 Å². The summed E-state index contributed by atoms with van der Waals surface area (Å²) in [5.74, 6) is -2.41. The lowest BCUT2D eigenvalue weighted by atomic mass is 9.99. The van der Waals surface area contributed by atoms with Gasteiger partial charge in [-0.25, -0.2) is 4.79 Å². The summed E-state index contributed by atoms with van der Waals surface area (Å²) in [4.78, 5) is 54.8. The van der Waals surface area contributed by atoms with Crippen molar-refractivity contribution in [3.63, 3.8) is 0 Å². The van der Waals surface area contributed by atoms with E-state index in [-0.39, 0.29) is 13.0 Å². The zero-order valence-corrected chi connectivity index (χ0v) is 24.1. The summed E-state index contributed by atoms with van der Waals surface area (Å²) in [5.41, 5.74) is 2.31. The fraction of sp³-hybridized carbons (Fsp3) is 0.312. The first kappa shape index (κ1) is 29.3. The number of benzene rings is 3. The van der Waals surface area contributed by atoms with Gasteiger partial charge >= 0.3 is 17.9 Å². The second-order valence-electron chi connectivity index (χ2n) is 10.4. The molecule has 0 saturated carbocycles. The van der Waals surface area contributed by atoms with Gasteiger partial charge in [-0.05, 0) is 23.6 Å². The van der Waals surface area contributed by atoms with Gasteiger partial charge in [0.25, 0.3) is 0 Å². The van der Waals surface area contributed by atoms with E-state index in [1.54, 1.807) is 31.2 Å². The lowest BCUT2D eigenvalue weighted by Crippen LogP contribution is -2.58. The molecular weight excluding hydrogens is 556 g/mol. The Hall–Kier alpha value is -4.15. The van der Waals surface area contributed by atoms with Crippen molar-refractivity contribution in [3.8, 4) is 0 Å². The number of fused-ring (bicyclic) bond motifs is 2. The van der Waals surface area contributed by atoms with E-state index in [0.29, 0.717) is 0 Å². The maximum absolute atomic E-state index is 13.9. The highest BCUT2D eigenvalue weighted by atomic mass is 32.2. The highest BCUT2D eigenvalue weighted by molar-refractivity contribution is 8.01. The van der Waals surface area contributed by atoms with Crippen molar-refractivity contribution in [1.29, 1.82) is 0 Å². The number of hydrogen-bond donors (Lipinski definition) is 1. The fourth-order valence-electron chi connectivity index (χ4n) is 5.25. The minimum absolute atomic E-state index is 0.0302. The molecule has 3 aromatic rings. The van der Waals surface area contributed by atoms with Gasteiger partial charge < -0.3 is 19.1 Å². The number of esters is 3. The maximum atomic E-state index is 13.9. The summed E-state index contributed by atoms with van der Waals surface area (Å²) >= 11 is 1.25. The first-order valence-corrected chi connectivity index (χ1v) is 14.5. The van der Waals surface area contributed by atoms with Crippen molar-refractivity contribution in [2.75, 3.05) is 20.3 Å². The van der Waals surface area contributed by atoms with Crippen molar-refractivity contribution >= 4 is 35.6 Å². The Kier molecular flexibility index (Phi) is 8.94. The van der Waals surface area contributed by atoms with Gasteiger partial charge in [-0.3, -0.25) is 19.7 Å². The number of hydrogen-bond acceptors (Lipinski definition) is 9. The topological polar surface area (TPSA) is 111 Å². The van der Waals surface area contributed by atoms with Crippen molar-refractivity contribution in [2.45, 2.75) is 41.7 Å². The first-order chi connectivity index (χ1) is 20.3. The molecule has 2 aliphatic rings. The Morgan fingerprint density at radius 3 is 2.10 bits per heavy atom. The Bertz CT molecular complexity index is 1380. The molecule has 218 valence electrons. The van der Waals surface area contributed by atoms with Gasteiger partial charge in [0, 0.05) is 0 Å². The number of rotatable bonds is 7. The third-order valence-corrected chi connectivity index (χ3v) is 8.95. The molecule has 2 aliphatic heterocycles. The molecule has 2 heterocycles. The summed E-state index contributed by atoms with van der Waals surface area (Å²) < 4.78 is 15.8. The lowest BCUT2D eigenvalue weighted by molar-refractivity contribution is -0.161. The molecule has 9 nitrogen and oxygen atoms in total. The standard InChI is InChI=1S/C32H32N2O7S/c1-32-20-40-25(36)19-34(24(35)18-21-12-6-3-7-13-21)26(30(37)39-2)29(42-32)33-28(32)31(38)41-27(22-14-8-4-9-15-22)23-16-10-5-11-17-23/h3-17,26-29,33H,18-20H2,1-2H3/t26-,28-,29?,32-/m0/s1. The predicted octanol–water partition coefficient (Wildman–Crippen LogP) is 3.28. The van der Waals surface area contributed by atoms with Gasteiger partial charge in [-0.15, -0.1) is 11.8 Å². The third-order valence-electron chi connectivity index (χ3n) is 7.42. The molecule has 3 aromatic carbocycles. The van der Waals surface area contributed by atoms with E-state index in [1.807, 2.05) is 66.7 Å². The molecule has 4 atom stereocenters. The van der Waals surface area contributed by atoms with E-state index in [0.717, 1.165) is 16.7 Å². The molecule has 2 fully saturated rings. The van der Waals surface area contributed by atoms with E-state index in [2.05, 4.69) is 5.32 Å². The molecule has 1 N–H and O–H groups in total. The number of carbonyl (C=O) groups excluding carboxylic acids is 4. The highest BCUT2D eigenvalue weighted by Crippen LogP contribution is 2.43. The Morgan fingerprint density at radius 1 is 0.952 bits per heavy atom. The number of carbonyl (C=O) groups is 4. The monoisotopic (exact) mass is 588 g/mol. The van der Waals surface area contributed by atoms with E-state index >= 15 is 0 Å². The van der Waals surface area contributed by atoms with E-state index in [1.165, 1.54) is 23.8 Å². The molecule has 0 radical (unpaired) electrons. The minimum atomic E-state index is -1.20. The Balaban J connectivity index is 1.45. The molecule has 42 heavy (non-hydrogen) atoms. The molecule has 0 aliphatic carbocycles. The zero-order valence-electron chi connectivity index (χ0n) is 23.3. The summed E-state index contributed by atoms with van der Waals surface area (Å²) in [7, 11) is 1.22. The van der Waals surface area contributed by atoms with Gasteiger partial charge in [-0.1, -0.05) is 91.0 Å². The second-order valence-corrected chi connectivity index (χ2v) is 12.1. The molecular formula is C32H32N2O7S. The molecule has 5 rings (SSSR count). The average Bonchev–Trinajstić information content (AvgIpc) is 3.38. The van der Waals surface area contributed by atoms with Crippen LogP contribution in [0.15, 0.2) is 91.0 Å². The molecule has 2 bridgehead atoms. The fourth-order valence-corrected chi connectivity index (χ4v) is 6.85. The van der Waals surface area contributed by atoms with E-state index in [4.69, 9.17) is 14.2 Å². The van der Waals surface area contributed by atoms with Crippen molar-refractivity contribution in [3.05, 3.63) is 108 Å². The number of ether oxygens (including phenoxy) is 3. The van der Waals surface area contributed by atoms with Crippen molar-refractivity contribution in [1.82, 2.24) is 10.2 Å². The van der Waals surface area contributed by atoms with Crippen LogP contribution >= 0.6 is 11.8 Å². The second kappa shape index (κ2) is 12.8. The van der Waals surface area contributed by atoms with Crippen LogP contribution in [0.1, 0.15) is 29.7 Å². The van der Waals surface area contributed by atoms with Crippen molar-refractivity contribution in [2.24, 2.45) is 0 Å². The average molecular weight is 589 g/mol. The van der Waals surface area contributed by atoms with Crippen LogP contribution in [0.3, 0.4) is 0 Å². The predicted molar refractivity (Wildman–Crippen MR) is 156 cm³/mol. The number of cyclic esters (lactones) is 1. The van der Waals surface area contributed by atoms with Gasteiger partial charge in [-0.2, -0.15) is 0 Å². The van der Waals surface area contributed by atoms with E-state index in [9.17, 15) is 19.2 Å². The Labute approximate surface area is 248 Å². The minimum Gasteiger partial charge on any atom is -0.467 e. The SMILES string of the molecule is COC(=O)[C@@H]1C2N[C@@H](C(=O)OC(c3ccccc3)c3ccccc3)[C@](C)(COC(=O)CN1C(=O)Cc1ccccc1)S2. The number of methoxy groups -OCH3 is 1. The van der Waals surface area contributed by atoms with Crippen LogP contribution in [-0.4, -0.2) is 71.2 Å². The third kappa shape index (κ3) is 6.34. The maximum Gasteiger partial charge on any atom is 0.331 e. The van der Waals surface area contributed by atoms with Crippen LogP contribution < -0.4 is 5.32 Å². The van der Waals surface area contributed by atoms with Gasteiger partial charge in [0.15, 0.2) is 12.1 Å². The molecule has 10 heteroatoms. The summed E-state index contributed by atoms with van der Waals surface area (Å²) in [6.45, 7) is 1.22. The molecule has 1 unspecified atom stereocenters. The van der Waals surface area contributed by atoms with Crippen LogP contribution in [0.4, 0.5) is 0 Å². The normalized spacial score (nSPS) is 23.7. The van der Waals surface area contributed by atoms with Crippen LogP contribution in [0.5, 0.6) is 0 Å². The van der Waals surface area contributed by atoms with Gasteiger partial charge in [0.05, 0.1) is 23.7 Å². The van der Waals surface area contributed by atoms with Gasteiger partial charge in [0.1, 0.15) is 19.2 Å². The number of nitrogens with one attached hydrogen (secondary N) is 1. The lowest BCUT2D eigenvalue weighted by Gasteiger charge is -2.33. The van der Waals surface area contributed by atoms with E-state index < -0.39 is 58.7 Å². The highest BCUT2D eigenvalue weighted by Gasteiger charge is 2.56. The smallest absolute Gasteiger partial charge is 0.331 e. The van der Waals surface area contributed by atoms with Crippen LogP contribution in [-0.2, 0) is 39.8 Å². The van der Waals surface area contributed by atoms with Crippen LogP contribution in [0.25, 0.3) is 0 Å². The number of nitrogens with zero attached hydrogens (tertiary/aromatic N) is 1. The molecule has 0 aromatic heterocycles. The Morgan fingerprint density at radius 2 is 1.52 bits per heavy atom. The number of amides is 1. The quantitative estimate of drug-likeness (QED) is 0.328. The summed E-state index contributed by atoms with van der Waals surface area (Å²) in [6, 6.07) is 25.7. The van der Waals surface area contributed by atoms with Crippen molar-refractivity contribution < 1.29 is 33.4 Å².